The van der Waals surface area contributed by atoms with Gasteiger partial charge in [0.2, 0.25) is 5.78 Å². The van der Waals surface area contributed by atoms with Crippen LogP contribution in [0.3, 0.4) is 0 Å². The van der Waals surface area contributed by atoms with Crippen LogP contribution in [-0.2, 0) is 6.61 Å². The van der Waals surface area contributed by atoms with Crippen LogP contribution in [0.1, 0.15) is 21.7 Å². The Labute approximate surface area is 152 Å². The molecule has 0 aliphatic heterocycles. The van der Waals surface area contributed by atoms with E-state index in [0.717, 1.165) is 10.0 Å². The Morgan fingerprint density at radius 1 is 1.04 bits per heavy atom. The predicted molar refractivity (Wildman–Crippen MR) is 96.8 cm³/mol. The largest absolute Gasteiger partial charge is 0.489 e. The molecule has 4 nitrogen and oxygen atoms in total. The van der Waals surface area contributed by atoms with E-state index in [9.17, 15) is 4.79 Å². The lowest BCUT2D eigenvalue weighted by Gasteiger charge is -2.07. The van der Waals surface area contributed by atoms with Gasteiger partial charge in [0.05, 0.1) is 11.8 Å². The number of fused-ring (bicyclic) bond motifs is 1. The van der Waals surface area contributed by atoms with Gasteiger partial charge < -0.3 is 13.6 Å². The van der Waals surface area contributed by atoms with E-state index in [1.807, 2.05) is 36.4 Å². The number of carbonyl (C=O) groups excluding carboxylic acids is 1. The maximum Gasteiger partial charge on any atom is 0.232 e. The van der Waals surface area contributed by atoms with Crippen LogP contribution in [0.4, 0.5) is 0 Å². The van der Waals surface area contributed by atoms with Gasteiger partial charge in [-0.25, -0.2) is 0 Å². The highest BCUT2D eigenvalue weighted by Gasteiger charge is 2.18. The van der Waals surface area contributed by atoms with Crippen LogP contribution < -0.4 is 4.74 Å². The number of halogens is 1. The number of ether oxygens (including phenoxy) is 1. The van der Waals surface area contributed by atoms with Gasteiger partial charge in [0, 0.05) is 9.86 Å². The molecule has 0 aliphatic carbocycles. The van der Waals surface area contributed by atoms with Crippen LogP contribution >= 0.6 is 15.9 Å². The normalized spacial score (nSPS) is 10.9. The molecule has 0 saturated carbocycles. The number of carbonyl (C=O) groups is 1. The third kappa shape index (κ3) is 3.23. The van der Waals surface area contributed by atoms with E-state index < -0.39 is 0 Å². The third-order valence-corrected chi connectivity index (χ3v) is 4.32. The van der Waals surface area contributed by atoms with Crippen molar-refractivity contribution in [2.45, 2.75) is 6.61 Å². The van der Waals surface area contributed by atoms with E-state index in [0.29, 0.717) is 28.9 Å². The summed E-state index contributed by atoms with van der Waals surface area (Å²) in [7, 11) is 0. The van der Waals surface area contributed by atoms with Gasteiger partial charge in [0.15, 0.2) is 5.76 Å². The van der Waals surface area contributed by atoms with Crippen LogP contribution in [0.25, 0.3) is 11.0 Å². The number of hydrogen-bond acceptors (Lipinski definition) is 4. The summed E-state index contributed by atoms with van der Waals surface area (Å²) >= 11 is 3.45. The Kier molecular flexibility index (Phi) is 4.15. The number of rotatable bonds is 5. The van der Waals surface area contributed by atoms with Gasteiger partial charge in [0.25, 0.3) is 0 Å². The molecule has 2 heterocycles. The van der Waals surface area contributed by atoms with E-state index in [1.54, 1.807) is 18.2 Å². The zero-order valence-corrected chi connectivity index (χ0v) is 14.7. The maximum absolute atomic E-state index is 12.5. The summed E-state index contributed by atoms with van der Waals surface area (Å²) in [5.41, 5.74) is 2.14. The SMILES string of the molecule is O=C(c1ccco1)c1coc2ccc(OCc3cccc(Br)c3)cc12. The average molecular weight is 397 g/mol. The Morgan fingerprint density at radius 3 is 2.76 bits per heavy atom. The minimum absolute atomic E-state index is 0.215. The van der Waals surface area contributed by atoms with E-state index in [4.69, 9.17) is 13.6 Å². The van der Waals surface area contributed by atoms with Crippen molar-refractivity contribution >= 4 is 32.7 Å². The van der Waals surface area contributed by atoms with Crippen molar-refractivity contribution in [3.63, 3.8) is 0 Å². The summed E-state index contributed by atoms with van der Waals surface area (Å²) in [6, 6.07) is 16.7. The molecule has 0 unspecified atom stereocenters. The lowest BCUT2D eigenvalue weighted by molar-refractivity contribution is 0.101. The first kappa shape index (κ1) is 15.7. The van der Waals surface area contributed by atoms with Crippen molar-refractivity contribution in [1.29, 1.82) is 0 Å². The van der Waals surface area contributed by atoms with Crippen LogP contribution in [0.15, 0.2) is 80.4 Å². The van der Waals surface area contributed by atoms with Gasteiger partial charge in [-0.1, -0.05) is 28.1 Å². The highest BCUT2D eigenvalue weighted by Crippen LogP contribution is 2.28. The monoisotopic (exact) mass is 396 g/mol. The van der Waals surface area contributed by atoms with Crippen LogP contribution in [0.2, 0.25) is 0 Å². The van der Waals surface area contributed by atoms with Crippen molar-refractivity contribution in [2.24, 2.45) is 0 Å². The fourth-order valence-electron chi connectivity index (χ4n) is 2.61. The molecule has 2 aromatic heterocycles. The highest BCUT2D eigenvalue weighted by atomic mass is 79.9. The van der Waals surface area contributed by atoms with Gasteiger partial charge >= 0.3 is 0 Å². The minimum Gasteiger partial charge on any atom is -0.489 e. The molecule has 0 atom stereocenters. The fraction of sp³-hybridized carbons (Fsp3) is 0.0500. The standard InChI is InChI=1S/C20H13BrO4/c21-14-4-1-3-13(9-14)11-24-15-6-7-18-16(10-15)17(12-25-18)20(22)19-5-2-8-23-19/h1-10,12H,11H2. The zero-order valence-electron chi connectivity index (χ0n) is 13.1. The van der Waals surface area contributed by atoms with Crippen LogP contribution in [0.5, 0.6) is 5.75 Å². The quantitative estimate of drug-likeness (QED) is 0.412. The van der Waals surface area contributed by atoms with Crippen molar-refractivity contribution in [3.05, 3.63) is 88.5 Å². The summed E-state index contributed by atoms with van der Waals surface area (Å²) in [5, 5.41) is 0.702. The molecule has 0 radical (unpaired) electrons. The van der Waals surface area contributed by atoms with Crippen LogP contribution in [-0.4, -0.2) is 5.78 Å². The van der Waals surface area contributed by atoms with Crippen molar-refractivity contribution < 1.29 is 18.4 Å². The highest BCUT2D eigenvalue weighted by molar-refractivity contribution is 9.10. The lowest BCUT2D eigenvalue weighted by Crippen LogP contribution is -1.98. The molecular formula is C20H13BrO4. The Bertz CT molecular complexity index is 1030. The van der Waals surface area contributed by atoms with Gasteiger partial charge in [-0.15, -0.1) is 0 Å². The predicted octanol–water partition coefficient (Wildman–Crippen LogP) is 5.60. The molecule has 0 amide bonds. The smallest absolute Gasteiger partial charge is 0.232 e. The average Bonchev–Trinajstić information content (AvgIpc) is 3.29. The number of furan rings is 2. The Hall–Kier alpha value is -2.79. The molecule has 0 aliphatic rings. The molecule has 25 heavy (non-hydrogen) atoms. The molecule has 4 aromatic rings. The molecule has 0 spiro atoms. The zero-order chi connectivity index (χ0) is 17.2. The van der Waals surface area contributed by atoms with Crippen molar-refractivity contribution in [1.82, 2.24) is 0 Å². The van der Waals surface area contributed by atoms with Gasteiger partial charge in [0.1, 0.15) is 24.2 Å². The maximum atomic E-state index is 12.5. The first-order chi connectivity index (χ1) is 12.2. The Morgan fingerprint density at radius 2 is 1.96 bits per heavy atom. The summed E-state index contributed by atoms with van der Waals surface area (Å²) in [5.74, 6) is 0.735. The molecular weight excluding hydrogens is 384 g/mol. The number of ketones is 1. The third-order valence-electron chi connectivity index (χ3n) is 3.83. The molecule has 0 saturated heterocycles. The topological polar surface area (TPSA) is 52.6 Å². The molecule has 5 heteroatoms. The van der Waals surface area contributed by atoms with Crippen LogP contribution in [0, 0.1) is 0 Å². The van der Waals surface area contributed by atoms with E-state index in [1.165, 1.54) is 12.5 Å². The summed E-state index contributed by atoms with van der Waals surface area (Å²) in [6.07, 6.45) is 2.93. The number of hydrogen-bond donors (Lipinski definition) is 0. The van der Waals surface area contributed by atoms with Crippen molar-refractivity contribution in [2.75, 3.05) is 0 Å². The van der Waals surface area contributed by atoms with Gasteiger partial charge in [-0.3, -0.25) is 4.79 Å². The molecule has 0 fully saturated rings. The van der Waals surface area contributed by atoms with E-state index in [2.05, 4.69) is 15.9 Å². The second-order valence-corrected chi connectivity index (χ2v) is 6.45. The summed E-state index contributed by atoms with van der Waals surface area (Å²) < 4.78 is 17.5. The Balaban J connectivity index is 1.61. The molecule has 2 aromatic carbocycles. The van der Waals surface area contributed by atoms with E-state index >= 15 is 0 Å². The summed E-state index contributed by atoms with van der Waals surface area (Å²) in [4.78, 5) is 12.5. The van der Waals surface area contributed by atoms with Crippen molar-refractivity contribution in [3.8, 4) is 5.75 Å². The van der Waals surface area contributed by atoms with Gasteiger partial charge in [-0.2, -0.15) is 0 Å². The summed E-state index contributed by atoms with van der Waals surface area (Å²) in [6.45, 7) is 0.435. The first-order valence-corrected chi connectivity index (χ1v) is 8.47. The van der Waals surface area contributed by atoms with Gasteiger partial charge in [-0.05, 0) is 48.0 Å². The molecule has 124 valence electrons. The molecule has 0 N–H and O–H groups in total. The minimum atomic E-state index is -0.215. The first-order valence-electron chi connectivity index (χ1n) is 7.67. The second-order valence-electron chi connectivity index (χ2n) is 5.53. The second kappa shape index (κ2) is 6.61. The number of benzene rings is 2. The van der Waals surface area contributed by atoms with E-state index in [-0.39, 0.29) is 11.5 Å². The molecule has 4 rings (SSSR count). The molecule has 0 bridgehead atoms. The fourth-order valence-corrected chi connectivity index (χ4v) is 3.05. The lowest BCUT2D eigenvalue weighted by atomic mass is 10.1.